The third kappa shape index (κ3) is 6.72. The second-order valence-electron chi connectivity index (χ2n) is 9.86. The maximum absolute atomic E-state index is 13.2. The van der Waals surface area contributed by atoms with Gasteiger partial charge < -0.3 is 15.1 Å². The third-order valence-corrected chi connectivity index (χ3v) is 9.37. The summed E-state index contributed by atoms with van der Waals surface area (Å²) in [6.45, 7) is 0.554. The fourth-order valence-corrected chi connectivity index (χ4v) is 7.17. The number of amides is 3. The fraction of sp³-hybridized carbons (Fsp3) is 0.321. The Kier molecular flexibility index (Phi) is 8.55. The number of piperidine rings is 1. The number of rotatable bonds is 8. The van der Waals surface area contributed by atoms with Crippen molar-refractivity contribution in [3.63, 3.8) is 0 Å². The Morgan fingerprint density at radius 1 is 1.02 bits per heavy atom. The highest BCUT2D eigenvalue weighted by Crippen LogP contribution is 2.24. The molecule has 40 heavy (non-hydrogen) atoms. The number of nitrogens with zero attached hydrogens (tertiary/aromatic N) is 2. The topological polar surface area (TPSA) is 116 Å². The van der Waals surface area contributed by atoms with Gasteiger partial charge in [-0.25, -0.2) is 8.42 Å². The van der Waals surface area contributed by atoms with Gasteiger partial charge in [0.1, 0.15) is 12.1 Å². The molecule has 0 bridgehead atoms. The molecule has 5 rings (SSSR count). The minimum absolute atomic E-state index is 0.208. The van der Waals surface area contributed by atoms with Crippen molar-refractivity contribution in [1.82, 2.24) is 14.5 Å². The Hall–Kier alpha value is -3.25. The predicted octanol–water partition coefficient (Wildman–Crippen LogP) is 4.07. The van der Waals surface area contributed by atoms with E-state index in [2.05, 4.69) is 10.0 Å². The van der Waals surface area contributed by atoms with Crippen molar-refractivity contribution in [3.8, 4) is 0 Å². The standard InChI is InChI=1S/C28H29ClN4O5S2/c29-25-12-11-22(39-25)13-16-40(37,38)31-23-7-3-14-32(28(23)36)18-26(34)33-15-4-8-24(33)27(35)30-21-10-9-19-5-1-2-6-20(19)17-21/h1-2,5-6,9-13,16-17,23-24,31H,3-4,7-8,14-15,18H2,(H,30,35)/t23-,24-/m0/s1. The molecule has 0 saturated carbocycles. The summed E-state index contributed by atoms with van der Waals surface area (Å²) in [5, 5.41) is 6.00. The van der Waals surface area contributed by atoms with Gasteiger partial charge in [0.2, 0.25) is 27.7 Å². The Balaban J connectivity index is 1.19. The first-order valence-electron chi connectivity index (χ1n) is 13.0. The van der Waals surface area contributed by atoms with Gasteiger partial charge in [0.05, 0.1) is 10.9 Å². The molecule has 2 fully saturated rings. The largest absolute Gasteiger partial charge is 0.332 e. The first kappa shape index (κ1) is 28.3. The molecule has 2 aliphatic rings. The number of carbonyl (C=O) groups is 3. The van der Waals surface area contributed by atoms with Crippen LogP contribution in [0.1, 0.15) is 30.6 Å². The van der Waals surface area contributed by atoms with E-state index in [-0.39, 0.29) is 18.4 Å². The number of hydrogen-bond acceptors (Lipinski definition) is 6. The van der Waals surface area contributed by atoms with Crippen molar-refractivity contribution in [2.24, 2.45) is 0 Å². The lowest BCUT2D eigenvalue weighted by Gasteiger charge is -2.33. The van der Waals surface area contributed by atoms with Gasteiger partial charge in [-0.05, 0) is 66.8 Å². The van der Waals surface area contributed by atoms with E-state index in [0.29, 0.717) is 53.7 Å². The molecule has 3 amide bonds. The molecule has 1 aromatic heterocycles. The average molecular weight is 601 g/mol. The normalized spacial score (nSPS) is 20.0. The zero-order chi connectivity index (χ0) is 28.3. The van der Waals surface area contributed by atoms with Gasteiger partial charge in [0.15, 0.2) is 0 Å². The molecule has 9 nitrogen and oxygen atoms in total. The van der Waals surface area contributed by atoms with Crippen LogP contribution in [0.4, 0.5) is 5.69 Å². The van der Waals surface area contributed by atoms with E-state index in [9.17, 15) is 22.8 Å². The molecule has 2 N–H and O–H groups in total. The number of sulfonamides is 1. The van der Waals surface area contributed by atoms with Gasteiger partial charge in [-0.1, -0.05) is 41.9 Å². The van der Waals surface area contributed by atoms with Crippen molar-refractivity contribution < 1.29 is 22.8 Å². The van der Waals surface area contributed by atoms with E-state index >= 15 is 0 Å². The molecule has 2 aliphatic heterocycles. The van der Waals surface area contributed by atoms with E-state index in [0.717, 1.165) is 16.2 Å². The number of hydrogen-bond donors (Lipinski definition) is 2. The van der Waals surface area contributed by atoms with Gasteiger partial charge >= 0.3 is 0 Å². The highest BCUT2D eigenvalue weighted by molar-refractivity contribution is 7.92. The SMILES string of the molecule is O=C(Nc1ccc2ccccc2c1)[C@@H]1CCCN1C(=O)CN1CCC[C@H](NS(=O)(=O)C=Cc2ccc(Cl)s2)C1=O. The quantitative estimate of drug-likeness (QED) is 0.404. The number of fused-ring (bicyclic) bond motifs is 1. The van der Waals surface area contributed by atoms with Gasteiger partial charge in [0, 0.05) is 29.1 Å². The summed E-state index contributed by atoms with van der Waals surface area (Å²) in [6, 6.07) is 15.3. The number of nitrogens with one attached hydrogen (secondary N) is 2. The van der Waals surface area contributed by atoms with Crippen LogP contribution in [0.2, 0.25) is 4.34 Å². The highest BCUT2D eigenvalue weighted by Gasteiger charge is 2.37. The molecule has 2 saturated heterocycles. The number of thiophene rings is 1. The third-order valence-electron chi connectivity index (χ3n) is 7.06. The van der Waals surface area contributed by atoms with Crippen LogP contribution in [0, 0.1) is 0 Å². The molecular formula is C28H29ClN4O5S2. The van der Waals surface area contributed by atoms with E-state index in [1.165, 1.54) is 27.2 Å². The first-order chi connectivity index (χ1) is 19.2. The molecule has 210 valence electrons. The van der Waals surface area contributed by atoms with Crippen molar-refractivity contribution >= 4 is 73.2 Å². The van der Waals surface area contributed by atoms with Crippen LogP contribution in [0.25, 0.3) is 16.8 Å². The Labute approximate surface area is 241 Å². The van der Waals surface area contributed by atoms with Gasteiger partial charge in [-0.15, -0.1) is 11.3 Å². The summed E-state index contributed by atoms with van der Waals surface area (Å²) in [4.78, 5) is 43.0. The summed E-state index contributed by atoms with van der Waals surface area (Å²) in [5.41, 5.74) is 0.653. The zero-order valence-electron chi connectivity index (χ0n) is 21.6. The van der Waals surface area contributed by atoms with Gasteiger partial charge in [0.25, 0.3) is 0 Å². The Morgan fingerprint density at radius 3 is 2.58 bits per heavy atom. The molecule has 12 heteroatoms. The fourth-order valence-electron chi connectivity index (χ4n) is 5.10. The molecule has 0 aliphatic carbocycles. The minimum Gasteiger partial charge on any atom is -0.332 e. The molecule has 0 spiro atoms. The van der Waals surface area contributed by atoms with E-state index in [4.69, 9.17) is 11.6 Å². The number of halogens is 1. The number of anilines is 1. The highest BCUT2D eigenvalue weighted by atomic mass is 35.5. The van der Waals surface area contributed by atoms with Gasteiger partial charge in [-0.2, -0.15) is 4.72 Å². The molecule has 3 heterocycles. The molecule has 2 aromatic carbocycles. The van der Waals surface area contributed by atoms with E-state index < -0.39 is 28.0 Å². The van der Waals surface area contributed by atoms with Crippen LogP contribution in [-0.4, -0.2) is 67.7 Å². The van der Waals surface area contributed by atoms with Crippen molar-refractivity contribution in [3.05, 3.63) is 69.2 Å². The predicted molar refractivity (Wildman–Crippen MR) is 157 cm³/mol. The van der Waals surface area contributed by atoms with E-state index in [1.54, 1.807) is 12.1 Å². The summed E-state index contributed by atoms with van der Waals surface area (Å²) in [7, 11) is -3.90. The summed E-state index contributed by atoms with van der Waals surface area (Å²) >= 11 is 7.13. The summed E-state index contributed by atoms with van der Waals surface area (Å²) in [6.07, 6.45) is 3.51. The van der Waals surface area contributed by atoms with Crippen molar-refractivity contribution in [2.45, 2.75) is 37.8 Å². The smallest absolute Gasteiger partial charge is 0.247 e. The Morgan fingerprint density at radius 2 is 1.80 bits per heavy atom. The monoisotopic (exact) mass is 600 g/mol. The van der Waals surface area contributed by atoms with E-state index in [1.807, 2.05) is 42.5 Å². The maximum atomic E-state index is 13.2. The Bertz CT molecular complexity index is 1570. The molecular weight excluding hydrogens is 572 g/mol. The first-order valence-corrected chi connectivity index (χ1v) is 15.8. The van der Waals surface area contributed by atoms with Crippen LogP contribution >= 0.6 is 22.9 Å². The minimum atomic E-state index is -3.90. The van der Waals surface area contributed by atoms with Crippen LogP contribution < -0.4 is 10.0 Å². The molecule has 0 radical (unpaired) electrons. The van der Waals surface area contributed by atoms with Crippen LogP contribution in [0.15, 0.2) is 60.0 Å². The lowest BCUT2D eigenvalue weighted by Crippen LogP contribution is -2.55. The summed E-state index contributed by atoms with van der Waals surface area (Å²) < 4.78 is 28.2. The molecule has 3 aromatic rings. The number of likely N-dealkylation sites (tertiary alicyclic amines) is 2. The molecule has 0 unspecified atom stereocenters. The summed E-state index contributed by atoms with van der Waals surface area (Å²) in [5.74, 6) is -1.05. The lowest BCUT2D eigenvalue weighted by molar-refractivity contribution is -0.144. The lowest BCUT2D eigenvalue weighted by atomic mass is 10.1. The number of benzene rings is 2. The van der Waals surface area contributed by atoms with Crippen molar-refractivity contribution in [1.29, 1.82) is 0 Å². The van der Waals surface area contributed by atoms with Crippen LogP contribution in [0.3, 0.4) is 0 Å². The number of carbonyl (C=O) groups excluding carboxylic acids is 3. The molecule has 2 atom stereocenters. The van der Waals surface area contributed by atoms with Crippen LogP contribution in [0.5, 0.6) is 0 Å². The second kappa shape index (κ2) is 12.1. The van der Waals surface area contributed by atoms with Gasteiger partial charge in [-0.3, -0.25) is 14.4 Å². The second-order valence-corrected chi connectivity index (χ2v) is 13.2. The maximum Gasteiger partial charge on any atom is 0.247 e. The zero-order valence-corrected chi connectivity index (χ0v) is 24.0. The van der Waals surface area contributed by atoms with Crippen LogP contribution in [-0.2, 0) is 24.4 Å². The average Bonchev–Trinajstić information content (AvgIpc) is 3.59. The van der Waals surface area contributed by atoms with Crippen molar-refractivity contribution in [2.75, 3.05) is 25.0 Å².